The molecule has 2 rings (SSSR count). The van der Waals surface area contributed by atoms with Crippen LogP contribution in [0.25, 0.3) is 0 Å². The number of hydrogen-bond acceptors (Lipinski definition) is 6. The minimum absolute atomic E-state index is 0.0582. The Morgan fingerprint density at radius 2 is 2.09 bits per heavy atom. The number of rotatable bonds is 7. The third-order valence-electron chi connectivity index (χ3n) is 3.26. The van der Waals surface area contributed by atoms with Gasteiger partial charge >= 0.3 is 10.1 Å². The van der Waals surface area contributed by atoms with Gasteiger partial charge in [0.15, 0.2) is 0 Å². The number of nitrogens with zero attached hydrogens (tertiary/aromatic N) is 1. The van der Waals surface area contributed by atoms with E-state index in [4.69, 9.17) is 18.9 Å². The van der Waals surface area contributed by atoms with E-state index >= 15 is 0 Å². The van der Waals surface area contributed by atoms with Crippen LogP contribution in [0.2, 0.25) is 0 Å². The van der Waals surface area contributed by atoms with Gasteiger partial charge in [-0.2, -0.15) is 13.7 Å². The van der Waals surface area contributed by atoms with Crippen LogP contribution in [0.1, 0.15) is 18.4 Å². The van der Waals surface area contributed by atoms with E-state index in [1.54, 1.807) is 24.3 Å². The molecule has 0 atom stereocenters. The van der Waals surface area contributed by atoms with Crippen molar-refractivity contribution in [2.75, 3.05) is 25.6 Å². The predicted molar refractivity (Wildman–Crippen MR) is 80.0 cm³/mol. The molecule has 0 radical (unpaired) electrons. The average Bonchev–Trinajstić information content (AvgIpc) is 2.48. The minimum atomic E-state index is -3.71. The van der Waals surface area contributed by atoms with Crippen LogP contribution < -0.4 is 4.18 Å². The second kappa shape index (κ2) is 8.13. The first-order valence-electron chi connectivity index (χ1n) is 7.16. The Bertz CT molecular complexity index is 617. The molecule has 120 valence electrons. The second-order valence-electron chi connectivity index (χ2n) is 5.01. The van der Waals surface area contributed by atoms with Gasteiger partial charge < -0.3 is 13.7 Å². The number of hydrogen-bond donors (Lipinski definition) is 0. The first kappa shape index (κ1) is 16.7. The number of ether oxygens (including phenoxy) is 2. The van der Waals surface area contributed by atoms with Crippen molar-refractivity contribution < 1.29 is 22.1 Å². The van der Waals surface area contributed by atoms with Crippen LogP contribution in [0, 0.1) is 11.3 Å². The van der Waals surface area contributed by atoms with E-state index in [9.17, 15) is 8.42 Å². The molecule has 0 aliphatic carbocycles. The van der Waals surface area contributed by atoms with Gasteiger partial charge in [0.2, 0.25) is 0 Å². The van der Waals surface area contributed by atoms with Crippen molar-refractivity contribution in [3.8, 4) is 11.8 Å². The van der Waals surface area contributed by atoms with Gasteiger partial charge in [0.05, 0.1) is 25.2 Å². The summed E-state index contributed by atoms with van der Waals surface area (Å²) < 4.78 is 39.6. The highest BCUT2D eigenvalue weighted by Crippen LogP contribution is 2.16. The van der Waals surface area contributed by atoms with E-state index in [2.05, 4.69) is 0 Å². The zero-order valence-corrected chi connectivity index (χ0v) is 13.0. The largest absolute Gasteiger partial charge is 0.382 e. The fourth-order valence-corrected chi connectivity index (χ4v) is 2.93. The molecule has 1 aliphatic rings. The fourth-order valence-electron chi connectivity index (χ4n) is 2.15. The summed E-state index contributed by atoms with van der Waals surface area (Å²) in [5.74, 6) is 0.0196. The van der Waals surface area contributed by atoms with E-state index in [0.29, 0.717) is 18.8 Å². The molecule has 1 aliphatic heterocycles. The topological polar surface area (TPSA) is 85.6 Å². The van der Waals surface area contributed by atoms with Gasteiger partial charge in [-0.25, -0.2) is 0 Å². The molecule has 0 spiro atoms. The van der Waals surface area contributed by atoms with E-state index in [-0.39, 0.29) is 30.6 Å². The Morgan fingerprint density at radius 3 is 2.82 bits per heavy atom. The molecule has 1 aromatic carbocycles. The molecule has 0 unspecified atom stereocenters. The van der Waals surface area contributed by atoms with Crippen molar-refractivity contribution in [1.82, 2.24) is 0 Å². The molecule has 1 fully saturated rings. The molecule has 22 heavy (non-hydrogen) atoms. The van der Waals surface area contributed by atoms with Crippen molar-refractivity contribution in [2.24, 2.45) is 0 Å². The van der Waals surface area contributed by atoms with Gasteiger partial charge in [0.1, 0.15) is 11.5 Å². The summed E-state index contributed by atoms with van der Waals surface area (Å²) in [5.41, 5.74) is 0.716. The molecule has 0 aromatic heterocycles. The highest BCUT2D eigenvalue weighted by atomic mass is 32.2. The monoisotopic (exact) mass is 325 g/mol. The maximum Gasteiger partial charge on any atom is 0.311 e. The van der Waals surface area contributed by atoms with Gasteiger partial charge in [-0.3, -0.25) is 0 Å². The molecule has 1 heterocycles. The van der Waals surface area contributed by atoms with Gasteiger partial charge in [-0.15, -0.1) is 0 Å². The summed E-state index contributed by atoms with van der Waals surface area (Å²) >= 11 is 0. The van der Waals surface area contributed by atoms with E-state index in [1.165, 1.54) is 0 Å². The van der Waals surface area contributed by atoms with E-state index < -0.39 is 10.1 Å². The lowest BCUT2D eigenvalue weighted by Crippen LogP contribution is -2.26. The summed E-state index contributed by atoms with van der Waals surface area (Å²) in [6, 6.07) is 8.53. The van der Waals surface area contributed by atoms with Gasteiger partial charge in [0.25, 0.3) is 0 Å². The highest BCUT2D eigenvalue weighted by molar-refractivity contribution is 7.87. The summed E-state index contributed by atoms with van der Waals surface area (Å²) in [7, 11) is -3.71. The third kappa shape index (κ3) is 5.64. The first-order valence-corrected chi connectivity index (χ1v) is 8.74. The van der Waals surface area contributed by atoms with Crippen LogP contribution >= 0.6 is 0 Å². The Hall–Kier alpha value is -1.62. The zero-order valence-electron chi connectivity index (χ0n) is 12.2. The zero-order chi connectivity index (χ0) is 15.8. The standard InChI is InChI=1S/C15H19NO5S/c16-7-4-13-2-1-3-15(12-13)21-22(17,18)11-10-20-14-5-8-19-9-6-14/h1-3,12,14H,4-6,8-11H2. The van der Waals surface area contributed by atoms with Crippen molar-refractivity contribution in [3.63, 3.8) is 0 Å². The van der Waals surface area contributed by atoms with Gasteiger partial charge in [0, 0.05) is 13.2 Å². The molecule has 1 saturated heterocycles. The molecule has 0 bridgehead atoms. The minimum Gasteiger partial charge on any atom is -0.382 e. The Kier molecular flexibility index (Phi) is 6.19. The van der Waals surface area contributed by atoms with E-state index in [1.807, 2.05) is 6.07 Å². The predicted octanol–water partition coefficient (Wildman–Crippen LogP) is 1.66. The quantitative estimate of drug-likeness (QED) is 0.709. The lowest BCUT2D eigenvalue weighted by molar-refractivity contribution is -0.0268. The summed E-state index contributed by atoms with van der Waals surface area (Å²) in [6.07, 6.45) is 1.85. The van der Waals surface area contributed by atoms with Crippen molar-refractivity contribution in [2.45, 2.75) is 25.4 Å². The number of nitriles is 1. The van der Waals surface area contributed by atoms with Gasteiger partial charge in [-0.05, 0) is 30.5 Å². The molecule has 7 heteroatoms. The van der Waals surface area contributed by atoms with Crippen LogP contribution in [-0.2, 0) is 26.0 Å². The molecule has 0 saturated carbocycles. The average molecular weight is 325 g/mol. The van der Waals surface area contributed by atoms with Crippen LogP contribution in [0.5, 0.6) is 5.75 Å². The fraction of sp³-hybridized carbons (Fsp3) is 0.533. The van der Waals surface area contributed by atoms with Gasteiger partial charge in [-0.1, -0.05) is 12.1 Å². The maximum atomic E-state index is 11.9. The third-order valence-corrected chi connectivity index (χ3v) is 4.37. The molecule has 6 nitrogen and oxygen atoms in total. The highest BCUT2D eigenvalue weighted by Gasteiger charge is 2.17. The summed E-state index contributed by atoms with van der Waals surface area (Å²) in [4.78, 5) is 0. The Morgan fingerprint density at radius 1 is 1.32 bits per heavy atom. The SMILES string of the molecule is N#CCc1cccc(OS(=O)(=O)CCOC2CCOCC2)c1. The van der Waals surface area contributed by atoms with Crippen molar-refractivity contribution in [1.29, 1.82) is 5.26 Å². The smallest absolute Gasteiger partial charge is 0.311 e. The van der Waals surface area contributed by atoms with Crippen LogP contribution in [0.3, 0.4) is 0 Å². The number of benzene rings is 1. The summed E-state index contributed by atoms with van der Waals surface area (Å²) in [6.45, 7) is 1.41. The first-order chi connectivity index (χ1) is 10.6. The molecule has 1 aromatic rings. The van der Waals surface area contributed by atoms with E-state index in [0.717, 1.165) is 12.8 Å². The van der Waals surface area contributed by atoms with Crippen LogP contribution in [0.15, 0.2) is 24.3 Å². The normalized spacial score (nSPS) is 16.1. The maximum absolute atomic E-state index is 11.9. The van der Waals surface area contributed by atoms with Crippen molar-refractivity contribution in [3.05, 3.63) is 29.8 Å². The summed E-state index contributed by atoms with van der Waals surface area (Å²) in [5, 5.41) is 8.65. The second-order valence-corrected chi connectivity index (χ2v) is 6.70. The molecular formula is C15H19NO5S. The lowest BCUT2D eigenvalue weighted by atomic mass is 10.2. The lowest BCUT2D eigenvalue weighted by Gasteiger charge is -2.22. The molecular weight excluding hydrogens is 306 g/mol. The molecule has 0 N–H and O–H groups in total. The van der Waals surface area contributed by atoms with Crippen molar-refractivity contribution >= 4 is 10.1 Å². The van der Waals surface area contributed by atoms with Crippen LogP contribution in [0.4, 0.5) is 0 Å². The Balaban J connectivity index is 1.82. The van der Waals surface area contributed by atoms with Crippen LogP contribution in [-0.4, -0.2) is 40.1 Å². The Labute approximate surface area is 130 Å². The molecule has 0 amide bonds.